The SMILES string of the molecule is CCc1sc(C(=O)OCC(=O)Nc2ccc(N3CCCC3)cc2)cc1C. The zero-order chi connectivity index (χ0) is 18.5. The van der Waals surface area contributed by atoms with Crippen molar-refractivity contribution in [2.75, 3.05) is 29.9 Å². The summed E-state index contributed by atoms with van der Waals surface area (Å²) in [5.74, 6) is -0.784. The van der Waals surface area contributed by atoms with Gasteiger partial charge in [0.15, 0.2) is 6.61 Å². The van der Waals surface area contributed by atoms with Crippen LogP contribution in [0.25, 0.3) is 0 Å². The molecule has 0 bridgehead atoms. The monoisotopic (exact) mass is 372 g/mol. The van der Waals surface area contributed by atoms with Gasteiger partial charge in [0.05, 0.1) is 0 Å². The van der Waals surface area contributed by atoms with Gasteiger partial charge in [-0.25, -0.2) is 4.79 Å². The maximum Gasteiger partial charge on any atom is 0.348 e. The van der Waals surface area contributed by atoms with E-state index >= 15 is 0 Å². The van der Waals surface area contributed by atoms with Crippen LogP contribution in [-0.2, 0) is 16.0 Å². The van der Waals surface area contributed by atoms with E-state index in [0.29, 0.717) is 10.6 Å². The number of esters is 1. The number of aryl methyl sites for hydroxylation is 2. The topological polar surface area (TPSA) is 58.6 Å². The van der Waals surface area contributed by atoms with E-state index in [-0.39, 0.29) is 12.5 Å². The smallest absolute Gasteiger partial charge is 0.348 e. The number of rotatable bonds is 6. The number of anilines is 2. The summed E-state index contributed by atoms with van der Waals surface area (Å²) < 4.78 is 5.13. The van der Waals surface area contributed by atoms with Crippen LogP contribution < -0.4 is 10.2 Å². The number of carbonyl (C=O) groups excluding carboxylic acids is 2. The molecule has 138 valence electrons. The van der Waals surface area contributed by atoms with Crippen molar-refractivity contribution in [2.24, 2.45) is 0 Å². The molecule has 2 heterocycles. The molecule has 0 radical (unpaired) electrons. The summed E-state index contributed by atoms with van der Waals surface area (Å²) in [6.07, 6.45) is 3.35. The summed E-state index contributed by atoms with van der Waals surface area (Å²) in [5, 5.41) is 2.76. The van der Waals surface area contributed by atoms with Gasteiger partial charge in [0.1, 0.15) is 4.88 Å². The lowest BCUT2D eigenvalue weighted by Crippen LogP contribution is -2.21. The minimum Gasteiger partial charge on any atom is -0.451 e. The first-order valence-corrected chi connectivity index (χ1v) is 9.79. The first-order chi connectivity index (χ1) is 12.6. The summed E-state index contributed by atoms with van der Waals surface area (Å²) in [6, 6.07) is 9.59. The zero-order valence-corrected chi connectivity index (χ0v) is 16.0. The van der Waals surface area contributed by atoms with Crippen LogP contribution in [0.15, 0.2) is 30.3 Å². The molecule has 0 saturated carbocycles. The van der Waals surface area contributed by atoms with Gasteiger partial charge in [-0.3, -0.25) is 4.79 Å². The highest BCUT2D eigenvalue weighted by Gasteiger charge is 2.15. The van der Waals surface area contributed by atoms with Gasteiger partial charge in [-0.15, -0.1) is 11.3 Å². The molecule has 1 saturated heterocycles. The summed E-state index contributed by atoms with van der Waals surface area (Å²) in [7, 11) is 0. The van der Waals surface area contributed by atoms with Gasteiger partial charge in [-0.05, 0) is 62.1 Å². The molecule has 5 nitrogen and oxygen atoms in total. The fraction of sp³-hybridized carbons (Fsp3) is 0.400. The molecule has 3 rings (SSSR count). The van der Waals surface area contributed by atoms with Crippen molar-refractivity contribution < 1.29 is 14.3 Å². The minimum absolute atomic E-state index is 0.287. The third kappa shape index (κ3) is 4.43. The molecular weight excluding hydrogens is 348 g/mol. The van der Waals surface area contributed by atoms with E-state index in [4.69, 9.17) is 4.74 Å². The van der Waals surface area contributed by atoms with Crippen molar-refractivity contribution in [1.82, 2.24) is 0 Å². The fourth-order valence-electron chi connectivity index (χ4n) is 3.10. The lowest BCUT2D eigenvalue weighted by molar-refractivity contribution is -0.119. The molecule has 1 amide bonds. The first-order valence-electron chi connectivity index (χ1n) is 8.98. The normalized spacial score (nSPS) is 13.7. The molecule has 1 fully saturated rings. The van der Waals surface area contributed by atoms with Crippen molar-refractivity contribution >= 4 is 34.6 Å². The second-order valence-electron chi connectivity index (χ2n) is 6.44. The number of benzene rings is 1. The number of nitrogens with zero attached hydrogens (tertiary/aromatic N) is 1. The third-order valence-corrected chi connectivity index (χ3v) is 5.86. The van der Waals surface area contributed by atoms with Crippen LogP contribution in [0, 0.1) is 6.92 Å². The Morgan fingerprint density at radius 1 is 1.19 bits per heavy atom. The predicted molar refractivity (Wildman–Crippen MR) is 105 cm³/mol. The second-order valence-corrected chi connectivity index (χ2v) is 7.57. The first kappa shape index (κ1) is 18.5. The van der Waals surface area contributed by atoms with Gasteiger partial charge >= 0.3 is 5.97 Å². The number of ether oxygens (including phenoxy) is 1. The van der Waals surface area contributed by atoms with E-state index in [0.717, 1.165) is 25.1 Å². The summed E-state index contributed by atoms with van der Waals surface area (Å²) in [6.45, 7) is 5.92. The third-order valence-electron chi connectivity index (χ3n) is 4.50. The van der Waals surface area contributed by atoms with Gasteiger partial charge in [0.25, 0.3) is 5.91 Å². The molecule has 2 aromatic rings. The lowest BCUT2D eigenvalue weighted by atomic mass is 10.2. The van der Waals surface area contributed by atoms with E-state index in [1.54, 1.807) is 0 Å². The number of thiophene rings is 1. The van der Waals surface area contributed by atoms with E-state index < -0.39 is 5.97 Å². The highest BCUT2D eigenvalue weighted by molar-refractivity contribution is 7.14. The predicted octanol–water partition coefficient (Wildman–Crippen LogP) is 4.01. The van der Waals surface area contributed by atoms with Crippen LogP contribution in [0.3, 0.4) is 0 Å². The number of hydrogen-bond donors (Lipinski definition) is 1. The lowest BCUT2D eigenvalue weighted by Gasteiger charge is -2.17. The van der Waals surface area contributed by atoms with Crippen molar-refractivity contribution in [3.63, 3.8) is 0 Å². The number of hydrogen-bond acceptors (Lipinski definition) is 5. The number of amides is 1. The average Bonchev–Trinajstić information content (AvgIpc) is 3.30. The average molecular weight is 372 g/mol. The Labute approximate surface area is 158 Å². The van der Waals surface area contributed by atoms with Crippen molar-refractivity contribution in [2.45, 2.75) is 33.1 Å². The summed E-state index contributed by atoms with van der Waals surface area (Å²) >= 11 is 1.43. The molecule has 1 aromatic carbocycles. The largest absolute Gasteiger partial charge is 0.451 e. The minimum atomic E-state index is -0.447. The molecule has 0 atom stereocenters. The highest BCUT2D eigenvalue weighted by atomic mass is 32.1. The molecule has 1 N–H and O–H groups in total. The van der Waals surface area contributed by atoms with Crippen molar-refractivity contribution in [3.05, 3.63) is 45.6 Å². The Bertz CT molecular complexity index is 777. The van der Waals surface area contributed by atoms with Crippen LogP contribution in [0.1, 0.15) is 39.9 Å². The van der Waals surface area contributed by atoms with Crippen LogP contribution in [0.2, 0.25) is 0 Å². The molecule has 1 aliphatic heterocycles. The summed E-state index contributed by atoms with van der Waals surface area (Å²) in [5.41, 5.74) is 2.97. The maximum absolute atomic E-state index is 12.1. The maximum atomic E-state index is 12.1. The Morgan fingerprint density at radius 3 is 2.50 bits per heavy atom. The number of carbonyl (C=O) groups is 2. The Hall–Kier alpha value is -2.34. The molecule has 6 heteroatoms. The van der Waals surface area contributed by atoms with Crippen LogP contribution in [-0.4, -0.2) is 31.6 Å². The van der Waals surface area contributed by atoms with Gasteiger partial charge in [-0.2, -0.15) is 0 Å². The van der Waals surface area contributed by atoms with Gasteiger partial charge in [-0.1, -0.05) is 6.92 Å². The molecule has 26 heavy (non-hydrogen) atoms. The highest BCUT2D eigenvalue weighted by Crippen LogP contribution is 2.23. The molecule has 0 spiro atoms. The zero-order valence-electron chi connectivity index (χ0n) is 15.2. The van der Waals surface area contributed by atoms with Gasteiger partial charge < -0.3 is 15.0 Å². The van der Waals surface area contributed by atoms with Gasteiger partial charge in [0.2, 0.25) is 0 Å². The molecule has 0 aliphatic carbocycles. The second kappa shape index (κ2) is 8.36. The van der Waals surface area contributed by atoms with Crippen molar-refractivity contribution in [1.29, 1.82) is 0 Å². The van der Waals surface area contributed by atoms with E-state index in [2.05, 4.69) is 17.1 Å². The van der Waals surface area contributed by atoms with E-state index in [9.17, 15) is 9.59 Å². The Balaban J connectivity index is 1.49. The molecule has 1 aromatic heterocycles. The fourth-order valence-corrected chi connectivity index (χ4v) is 4.11. The Kier molecular flexibility index (Phi) is 5.93. The molecular formula is C20H24N2O3S. The number of nitrogens with one attached hydrogen (secondary N) is 1. The molecule has 0 unspecified atom stereocenters. The van der Waals surface area contributed by atoms with E-state index in [1.807, 2.05) is 37.3 Å². The van der Waals surface area contributed by atoms with Crippen LogP contribution in [0.5, 0.6) is 0 Å². The summed E-state index contributed by atoms with van der Waals surface area (Å²) in [4.78, 5) is 28.1. The standard InChI is InChI=1S/C20H24N2O3S/c1-3-17-14(2)12-18(26-17)20(24)25-13-19(23)21-15-6-8-16(9-7-15)22-10-4-5-11-22/h6-9,12H,3-5,10-11,13H2,1-2H3,(H,21,23). The Morgan fingerprint density at radius 2 is 1.88 bits per heavy atom. The van der Waals surface area contributed by atoms with Crippen molar-refractivity contribution in [3.8, 4) is 0 Å². The quantitative estimate of drug-likeness (QED) is 0.778. The van der Waals surface area contributed by atoms with E-state index in [1.165, 1.54) is 34.7 Å². The van der Waals surface area contributed by atoms with Gasteiger partial charge in [0, 0.05) is 29.3 Å². The van der Waals surface area contributed by atoms with Crippen LogP contribution >= 0.6 is 11.3 Å². The van der Waals surface area contributed by atoms with Crippen LogP contribution in [0.4, 0.5) is 11.4 Å². The molecule has 1 aliphatic rings.